The first kappa shape index (κ1) is 17.4. The van der Waals surface area contributed by atoms with Crippen molar-refractivity contribution in [3.8, 4) is 0 Å². The first-order valence-corrected chi connectivity index (χ1v) is 8.77. The van der Waals surface area contributed by atoms with Crippen LogP contribution >= 0.6 is 11.8 Å². The van der Waals surface area contributed by atoms with E-state index in [9.17, 15) is 19.8 Å². The summed E-state index contributed by atoms with van der Waals surface area (Å²) in [6.07, 6.45) is 1.01. The average molecular weight is 331 g/mol. The van der Waals surface area contributed by atoms with Crippen molar-refractivity contribution in [3.63, 3.8) is 0 Å². The molecule has 2 fully saturated rings. The number of ether oxygens (including phenoxy) is 1. The van der Waals surface area contributed by atoms with Crippen LogP contribution in [0.4, 0.5) is 4.79 Å². The van der Waals surface area contributed by atoms with E-state index in [0.717, 1.165) is 12.2 Å². The maximum Gasteiger partial charge on any atom is 0.410 e. The number of amides is 1. The van der Waals surface area contributed by atoms with E-state index in [4.69, 9.17) is 4.74 Å². The van der Waals surface area contributed by atoms with Gasteiger partial charge in [0.25, 0.3) is 0 Å². The molecular weight excluding hydrogens is 306 g/mol. The van der Waals surface area contributed by atoms with Crippen LogP contribution in [0, 0.1) is 5.41 Å². The molecule has 2 atom stereocenters. The summed E-state index contributed by atoms with van der Waals surface area (Å²) in [4.78, 5) is 25.4. The number of carbonyl (C=O) groups excluding carboxylic acids is 1. The van der Waals surface area contributed by atoms with E-state index in [0.29, 0.717) is 18.7 Å². The number of carbonyl (C=O) groups is 2. The minimum Gasteiger partial charge on any atom is -0.481 e. The fraction of sp³-hybridized carbons (Fsp3) is 0.867. The van der Waals surface area contributed by atoms with Crippen LogP contribution in [0.1, 0.15) is 40.0 Å². The van der Waals surface area contributed by atoms with Crippen LogP contribution in [0.3, 0.4) is 0 Å². The van der Waals surface area contributed by atoms with E-state index in [1.165, 1.54) is 4.90 Å². The molecule has 0 bridgehead atoms. The average Bonchev–Trinajstić information content (AvgIpc) is 2.82. The number of β-amino-alcohol motifs (C(OH)–C–C–N with tert-alkyl or cyclic N) is 1. The SMILES string of the molecule is CC(C)(C)OC(=O)N1CCC(O)(C2(C(=O)O)CCCSC2)C1. The summed E-state index contributed by atoms with van der Waals surface area (Å²) < 4.78 is 5.32. The van der Waals surface area contributed by atoms with Gasteiger partial charge in [-0.05, 0) is 45.8 Å². The Balaban J connectivity index is 2.15. The summed E-state index contributed by atoms with van der Waals surface area (Å²) in [5.41, 5.74) is -3.17. The summed E-state index contributed by atoms with van der Waals surface area (Å²) in [5, 5.41) is 20.7. The van der Waals surface area contributed by atoms with Gasteiger partial charge in [-0.25, -0.2) is 4.79 Å². The molecular formula is C15H25NO5S. The third-order valence-corrected chi connectivity index (χ3v) is 5.71. The first-order valence-electron chi connectivity index (χ1n) is 7.61. The first-order chi connectivity index (χ1) is 10.1. The van der Waals surface area contributed by atoms with Crippen LogP contribution in [-0.2, 0) is 9.53 Å². The lowest BCUT2D eigenvalue weighted by Crippen LogP contribution is -2.58. The molecule has 0 radical (unpaired) electrons. The summed E-state index contributed by atoms with van der Waals surface area (Å²) in [7, 11) is 0. The molecule has 0 spiro atoms. The molecule has 2 heterocycles. The monoisotopic (exact) mass is 331 g/mol. The maximum atomic E-state index is 12.1. The van der Waals surface area contributed by atoms with Gasteiger partial charge >= 0.3 is 12.1 Å². The molecule has 0 aromatic heterocycles. The predicted molar refractivity (Wildman–Crippen MR) is 84.0 cm³/mol. The zero-order valence-corrected chi connectivity index (χ0v) is 14.2. The Labute approximate surface area is 135 Å². The van der Waals surface area contributed by atoms with Crippen molar-refractivity contribution >= 4 is 23.8 Å². The van der Waals surface area contributed by atoms with Crippen molar-refractivity contribution in [2.24, 2.45) is 5.41 Å². The number of thioether (sulfide) groups is 1. The van der Waals surface area contributed by atoms with E-state index in [-0.39, 0.29) is 13.0 Å². The lowest BCUT2D eigenvalue weighted by atomic mass is 9.69. The second-order valence-corrected chi connectivity index (χ2v) is 8.33. The lowest BCUT2D eigenvalue weighted by molar-refractivity contribution is -0.166. The van der Waals surface area contributed by atoms with Gasteiger partial charge in [0.2, 0.25) is 0 Å². The topological polar surface area (TPSA) is 87.1 Å². The van der Waals surface area contributed by atoms with E-state index in [2.05, 4.69) is 0 Å². The van der Waals surface area contributed by atoms with Crippen LogP contribution in [0.25, 0.3) is 0 Å². The number of hydrogen-bond acceptors (Lipinski definition) is 5. The van der Waals surface area contributed by atoms with Gasteiger partial charge in [0.05, 0.1) is 6.54 Å². The summed E-state index contributed by atoms with van der Waals surface area (Å²) >= 11 is 1.56. The van der Waals surface area contributed by atoms with Gasteiger partial charge in [0, 0.05) is 12.3 Å². The standard InChI is InChI=1S/C15H25NO5S/c1-13(2,3)21-12(19)16-7-6-15(20,9-16)14(11(17)18)5-4-8-22-10-14/h20H,4-10H2,1-3H3,(H,17,18). The van der Waals surface area contributed by atoms with Gasteiger partial charge in [-0.1, -0.05) is 0 Å². The Morgan fingerprint density at radius 3 is 2.45 bits per heavy atom. The van der Waals surface area contributed by atoms with Crippen molar-refractivity contribution < 1.29 is 24.5 Å². The molecule has 2 saturated heterocycles. The fourth-order valence-electron chi connectivity index (χ4n) is 3.20. The van der Waals surface area contributed by atoms with E-state index < -0.39 is 28.7 Å². The molecule has 126 valence electrons. The van der Waals surface area contributed by atoms with E-state index in [1.807, 2.05) is 0 Å². The summed E-state index contributed by atoms with van der Waals surface area (Å²) in [6.45, 7) is 5.69. The number of carboxylic acid groups (broad SMARTS) is 1. The van der Waals surface area contributed by atoms with Gasteiger partial charge in [0.15, 0.2) is 0 Å². The Morgan fingerprint density at radius 1 is 1.27 bits per heavy atom. The Kier molecular flexibility index (Phi) is 4.69. The molecule has 2 unspecified atom stereocenters. The van der Waals surface area contributed by atoms with Crippen LogP contribution in [0.2, 0.25) is 0 Å². The van der Waals surface area contributed by atoms with Crippen molar-refractivity contribution in [2.75, 3.05) is 24.6 Å². The van der Waals surface area contributed by atoms with Crippen LogP contribution in [0.15, 0.2) is 0 Å². The molecule has 2 N–H and O–H groups in total. The number of likely N-dealkylation sites (tertiary alicyclic amines) is 1. The van der Waals surface area contributed by atoms with Gasteiger partial charge in [-0.2, -0.15) is 11.8 Å². The molecule has 2 aliphatic rings. The molecule has 0 saturated carbocycles. The maximum absolute atomic E-state index is 12.1. The van der Waals surface area contributed by atoms with Crippen molar-refractivity contribution in [2.45, 2.75) is 51.2 Å². The number of aliphatic carboxylic acids is 1. The smallest absolute Gasteiger partial charge is 0.410 e. The Bertz CT molecular complexity index is 455. The molecule has 6 nitrogen and oxygen atoms in total. The molecule has 1 amide bonds. The van der Waals surface area contributed by atoms with Crippen molar-refractivity contribution in [1.29, 1.82) is 0 Å². The highest BCUT2D eigenvalue weighted by Gasteiger charge is 2.59. The van der Waals surface area contributed by atoms with Gasteiger partial charge < -0.3 is 19.8 Å². The number of carboxylic acids is 1. The third-order valence-electron chi connectivity index (χ3n) is 4.44. The summed E-state index contributed by atoms with van der Waals surface area (Å²) in [6, 6.07) is 0. The molecule has 22 heavy (non-hydrogen) atoms. The predicted octanol–water partition coefficient (Wildman–Crippen LogP) is 1.96. The van der Waals surface area contributed by atoms with E-state index >= 15 is 0 Å². The van der Waals surface area contributed by atoms with Crippen molar-refractivity contribution in [3.05, 3.63) is 0 Å². The zero-order valence-electron chi connectivity index (χ0n) is 13.4. The Hall–Kier alpha value is -0.950. The van der Waals surface area contributed by atoms with Crippen LogP contribution < -0.4 is 0 Å². The molecule has 2 aliphatic heterocycles. The molecule has 2 rings (SSSR count). The lowest BCUT2D eigenvalue weighted by Gasteiger charge is -2.44. The highest BCUT2D eigenvalue weighted by Crippen LogP contribution is 2.47. The minimum absolute atomic E-state index is 0.0226. The van der Waals surface area contributed by atoms with Crippen LogP contribution in [0.5, 0.6) is 0 Å². The number of hydrogen-bond donors (Lipinski definition) is 2. The molecule has 0 aliphatic carbocycles. The number of nitrogens with zero attached hydrogens (tertiary/aromatic N) is 1. The van der Waals surface area contributed by atoms with E-state index in [1.54, 1.807) is 32.5 Å². The number of aliphatic hydroxyl groups is 1. The van der Waals surface area contributed by atoms with Crippen LogP contribution in [-0.4, -0.2) is 63.0 Å². The highest BCUT2D eigenvalue weighted by molar-refractivity contribution is 7.99. The third kappa shape index (κ3) is 3.20. The second-order valence-electron chi connectivity index (χ2n) is 7.23. The van der Waals surface area contributed by atoms with Gasteiger partial charge in [0.1, 0.15) is 16.6 Å². The van der Waals surface area contributed by atoms with Gasteiger partial charge in [-0.3, -0.25) is 4.79 Å². The number of rotatable bonds is 2. The molecule has 0 aromatic rings. The molecule has 7 heteroatoms. The highest BCUT2D eigenvalue weighted by atomic mass is 32.2. The fourth-order valence-corrected chi connectivity index (χ4v) is 4.57. The quantitative estimate of drug-likeness (QED) is 0.804. The second kappa shape index (κ2) is 5.92. The zero-order chi connectivity index (χ0) is 16.6. The Morgan fingerprint density at radius 2 is 1.95 bits per heavy atom. The largest absolute Gasteiger partial charge is 0.481 e. The molecule has 0 aromatic carbocycles. The minimum atomic E-state index is -1.39. The summed E-state index contributed by atoms with van der Waals surface area (Å²) in [5.74, 6) is 0.343. The van der Waals surface area contributed by atoms with Gasteiger partial charge in [-0.15, -0.1) is 0 Å². The van der Waals surface area contributed by atoms with Crippen molar-refractivity contribution in [1.82, 2.24) is 4.90 Å². The normalized spacial score (nSPS) is 32.8.